The number of aliphatic hydroxyl groups excluding tert-OH is 1. The second-order valence-corrected chi connectivity index (χ2v) is 4.36. The molecule has 1 aliphatic rings. The van der Waals surface area contributed by atoms with E-state index in [1.807, 2.05) is 25.1 Å². The van der Waals surface area contributed by atoms with Crippen LogP contribution in [0, 0.1) is 18.8 Å². The van der Waals surface area contributed by atoms with Crippen LogP contribution < -0.4 is 4.74 Å². The second-order valence-electron chi connectivity index (χ2n) is 4.36. The Morgan fingerprint density at radius 3 is 3.06 bits per heavy atom. The van der Waals surface area contributed by atoms with Gasteiger partial charge in [-0.3, -0.25) is 0 Å². The molecule has 2 rings (SSSR count). The van der Waals surface area contributed by atoms with E-state index in [0.29, 0.717) is 13.0 Å². The fourth-order valence-corrected chi connectivity index (χ4v) is 1.87. The molecule has 1 saturated heterocycles. The Bertz CT molecular complexity index is 451. The van der Waals surface area contributed by atoms with E-state index in [2.05, 4.69) is 11.8 Å². The molecule has 1 fully saturated rings. The first-order chi connectivity index (χ1) is 8.79. The van der Waals surface area contributed by atoms with Crippen LogP contribution in [-0.2, 0) is 4.74 Å². The fraction of sp³-hybridized carbons (Fsp3) is 0.467. The van der Waals surface area contributed by atoms with Gasteiger partial charge < -0.3 is 14.6 Å². The highest BCUT2D eigenvalue weighted by molar-refractivity contribution is 5.43. The molecule has 0 aliphatic carbocycles. The standard InChI is InChI=1S/C15H18O3/c1-12-10-13(4-2-3-8-16)5-6-15(12)18-14-7-9-17-11-14/h5-6,10,14,16H,3,7-9,11H2,1H3. The summed E-state index contributed by atoms with van der Waals surface area (Å²) >= 11 is 0. The van der Waals surface area contributed by atoms with Crippen molar-refractivity contribution < 1.29 is 14.6 Å². The van der Waals surface area contributed by atoms with Gasteiger partial charge in [0, 0.05) is 18.4 Å². The van der Waals surface area contributed by atoms with Crippen LogP contribution in [0.5, 0.6) is 5.75 Å². The van der Waals surface area contributed by atoms with Crippen molar-refractivity contribution in [2.24, 2.45) is 0 Å². The SMILES string of the molecule is Cc1cc(C#CCCO)ccc1OC1CCOC1. The fourth-order valence-electron chi connectivity index (χ4n) is 1.87. The molecule has 1 aromatic carbocycles. The van der Waals surface area contributed by atoms with Crippen LogP contribution in [0.25, 0.3) is 0 Å². The molecule has 3 nitrogen and oxygen atoms in total. The lowest BCUT2D eigenvalue weighted by Gasteiger charge is -2.14. The highest BCUT2D eigenvalue weighted by atomic mass is 16.5. The molecular formula is C15H18O3. The van der Waals surface area contributed by atoms with E-state index in [4.69, 9.17) is 14.6 Å². The Kier molecular flexibility index (Phi) is 4.63. The minimum absolute atomic E-state index is 0.106. The van der Waals surface area contributed by atoms with Gasteiger partial charge in [0.2, 0.25) is 0 Å². The van der Waals surface area contributed by atoms with Crippen LogP contribution >= 0.6 is 0 Å². The predicted octanol–water partition coefficient (Wildman–Crippen LogP) is 1.90. The number of aryl methyl sites for hydroxylation is 1. The molecule has 96 valence electrons. The number of ether oxygens (including phenoxy) is 2. The minimum Gasteiger partial charge on any atom is -0.488 e. The second kappa shape index (κ2) is 6.44. The molecule has 1 aliphatic heterocycles. The number of hydrogen-bond acceptors (Lipinski definition) is 3. The lowest BCUT2D eigenvalue weighted by atomic mass is 10.1. The minimum atomic E-state index is 0.106. The molecule has 1 unspecified atom stereocenters. The van der Waals surface area contributed by atoms with Crippen molar-refractivity contribution in [1.29, 1.82) is 0 Å². The van der Waals surface area contributed by atoms with Gasteiger partial charge in [0.25, 0.3) is 0 Å². The van der Waals surface area contributed by atoms with E-state index in [-0.39, 0.29) is 12.7 Å². The molecule has 0 radical (unpaired) electrons. The van der Waals surface area contributed by atoms with Gasteiger partial charge in [0.05, 0.1) is 19.8 Å². The predicted molar refractivity (Wildman–Crippen MR) is 69.6 cm³/mol. The van der Waals surface area contributed by atoms with E-state index < -0.39 is 0 Å². The van der Waals surface area contributed by atoms with Gasteiger partial charge in [0.1, 0.15) is 11.9 Å². The summed E-state index contributed by atoms with van der Waals surface area (Å²) in [5, 5.41) is 8.67. The molecule has 1 atom stereocenters. The summed E-state index contributed by atoms with van der Waals surface area (Å²) < 4.78 is 11.2. The molecule has 1 N–H and O–H groups in total. The van der Waals surface area contributed by atoms with Crippen molar-refractivity contribution in [3.05, 3.63) is 29.3 Å². The molecule has 0 saturated carbocycles. The number of aliphatic hydroxyl groups is 1. The first-order valence-electron chi connectivity index (χ1n) is 6.24. The zero-order chi connectivity index (χ0) is 12.8. The summed E-state index contributed by atoms with van der Waals surface area (Å²) in [6.07, 6.45) is 1.64. The molecule has 0 spiro atoms. The van der Waals surface area contributed by atoms with Gasteiger partial charge >= 0.3 is 0 Å². The Hall–Kier alpha value is -1.50. The Balaban J connectivity index is 2.03. The lowest BCUT2D eigenvalue weighted by molar-refractivity contribution is 0.141. The van der Waals surface area contributed by atoms with Crippen LogP contribution in [0.3, 0.4) is 0 Å². The summed E-state index contributed by atoms with van der Waals surface area (Å²) in [6.45, 7) is 3.59. The van der Waals surface area contributed by atoms with Crippen LogP contribution in [-0.4, -0.2) is 31.0 Å². The highest BCUT2D eigenvalue weighted by Crippen LogP contribution is 2.22. The summed E-state index contributed by atoms with van der Waals surface area (Å²) in [5.41, 5.74) is 2.04. The molecule has 0 aromatic heterocycles. The van der Waals surface area contributed by atoms with Crippen molar-refractivity contribution in [3.8, 4) is 17.6 Å². The van der Waals surface area contributed by atoms with E-state index >= 15 is 0 Å². The Morgan fingerprint density at radius 1 is 1.50 bits per heavy atom. The summed E-state index contributed by atoms with van der Waals surface area (Å²) in [7, 11) is 0. The van der Waals surface area contributed by atoms with Crippen molar-refractivity contribution in [3.63, 3.8) is 0 Å². The molecule has 0 amide bonds. The number of rotatable bonds is 3. The van der Waals surface area contributed by atoms with Crippen LogP contribution in [0.1, 0.15) is 24.0 Å². The van der Waals surface area contributed by atoms with Crippen LogP contribution in [0.4, 0.5) is 0 Å². The van der Waals surface area contributed by atoms with Crippen molar-refractivity contribution >= 4 is 0 Å². The molecule has 3 heteroatoms. The van der Waals surface area contributed by atoms with E-state index in [1.54, 1.807) is 0 Å². The molecular weight excluding hydrogens is 228 g/mol. The zero-order valence-corrected chi connectivity index (χ0v) is 10.6. The van der Waals surface area contributed by atoms with Crippen molar-refractivity contribution in [2.45, 2.75) is 25.9 Å². The van der Waals surface area contributed by atoms with Gasteiger partial charge in [-0.2, -0.15) is 0 Å². The third-order valence-corrected chi connectivity index (χ3v) is 2.83. The average Bonchev–Trinajstić information content (AvgIpc) is 2.86. The van der Waals surface area contributed by atoms with Crippen LogP contribution in [0.2, 0.25) is 0 Å². The Labute approximate surface area is 108 Å². The molecule has 1 aromatic rings. The monoisotopic (exact) mass is 246 g/mol. The van der Waals surface area contributed by atoms with Gasteiger partial charge in [-0.05, 0) is 30.7 Å². The smallest absolute Gasteiger partial charge is 0.124 e. The maximum Gasteiger partial charge on any atom is 0.124 e. The quantitative estimate of drug-likeness (QED) is 0.828. The normalized spacial score (nSPS) is 18.2. The molecule has 0 bridgehead atoms. The highest BCUT2D eigenvalue weighted by Gasteiger charge is 2.17. The largest absolute Gasteiger partial charge is 0.488 e. The topological polar surface area (TPSA) is 38.7 Å². The van der Waals surface area contributed by atoms with Crippen LogP contribution in [0.15, 0.2) is 18.2 Å². The Morgan fingerprint density at radius 2 is 2.39 bits per heavy atom. The third-order valence-electron chi connectivity index (χ3n) is 2.83. The maximum absolute atomic E-state index is 8.67. The number of hydrogen-bond donors (Lipinski definition) is 1. The van der Waals surface area contributed by atoms with Gasteiger partial charge in [-0.25, -0.2) is 0 Å². The van der Waals surface area contributed by atoms with Crippen molar-refractivity contribution in [1.82, 2.24) is 0 Å². The van der Waals surface area contributed by atoms with Gasteiger partial charge in [-0.15, -0.1) is 0 Å². The van der Waals surface area contributed by atoms with Crippen molar-refractivity contribution in [2.75, 3.05) is 19.8 Å². The van der Waals surface area contributed by atoms with Gasteiger partial charge in [-0.1, -0.05) is 11.8 Å². The van der Waals surface area contributed by atoms with E-state index in [0.717, 1.165) is 29.9 Å². The lowest BCUT2D eigenvalue weighted by Crippen LogP contribution is -2.16. The van der Waals surface area contributed by atoms with E-state index in [9.17, 15) is 0 Å². The first-order valence-corrected chi connectivity index (χ1v) is 6.24. The summed E-state index contributed by atoms with van der Waals surface area (Å²) in [5.74, 6) is 6.83. The van der Waals surface area contributed by atoms with Gasteiger partial charge in [0.15, 0.2) is 0 Å². The zero-order valence-electron chi connectivity index (χ0n) is 10.6. The first kappa shape index (κ1) is 12.9. The number of benzene rings is 1. The summed E-state index contributed by atoms with van der Waals surface area (Å²) in [6, 6.07) is 5.91. The molecule has 18 heavy (non-hydrogen) atoms. The van der Waals surface area contributed by atoms with E-state index in [1.165, 1.54) is 0 Å². The third kappa shape index (κ3) is 3.49. The maximum atomic E-state index is 8.67. The molecule has 1 heterocycles. The average molecular weight is 246 g/mol. The summed E-state index contributed by atoms with van der Waals surface area (Å²) in [4.78, 5) is 0.